The van der Waals surface area contributed by atoms with Gasteiger partial charge in [-0.05, 0) is 19.9 Å². The molecule has 0 bridgehead atoms. The van der Waals surface area contributed by atoms with Crippen LogP contribution < -0.4 is 4.74 Å². The Morgan fingerprint density at radius 2 is 2.07 bits per heavy atom. The number of rotatable bonds is 5. The molecule has 0 aliphatic carbocycles. The predicted molar refractivity (Wildman–Crippen MR) is 96.9 cm³/mol. The molecular weight excluding hydrogens is 369 g/mol. The minimum absolute atomic E-state index is 0.149. The van der Waals surface area contributed by atoms with E-state index in [1.54, 1.807) is 19.2 Å². The highest BCUT2D eigenvalue weighted by Crippen LogP contribution is 2.25. The lowest BCUT2D eigenvalue weighted by Crippen LogP contribution is -2.07. The first-order valence-electron chi connectivity index (χ1n) is 8.07. The Kier molecular flexibility index (Phi) is 4.36. The van der Waals surface area contributed by atoms with Gasteiger partial charge in [0.05, 0.1) is 30.6 Å². The highest BCUT2D eigenvalue weighted by molar-refractivity contribution is 7.09. The van der Waals surface area contributed by atoms with E-state index in [-0.39, 0.29) is 18.0 Å². The summed E-state index contributed by atoms with van der Waals surface area (Å²) in [7, 11) is 0. The number of hydrogen-bond acceptors (Lipinski definition) is 7. The summed E-state index contributed by atoms with van der Waals surface area (Å²) in [4.78, 5) is 25.3. The summed E-state index contributed by atoms with van der Waals surface area (Å²) in [6, 6.07) is 2.79. The summed E-state index contributed by atoms with van der Waals surface area (Å²) in [5, 5.41) is 6.89. The molecule has 9 heteroatoms. The zero-order valence-corrected chi connectivity index (χ0v) is 15.3. The van der Waals surface area contributed by atoms with E-state index in [4.69, 9.17) is 4.74 Å². The van der Waals surface area contributed by atoms with Crippen LogP contribution >= 0.6 is 11.3 Å². The van der Waals surface area contributed by atoms with Crippen molar-refractivity contribution in [3.05, 3.63) is 64.0 Å². The second-order valence-corrected chi connectivity index (χ2v) is 6.88. The molecule has 0 aliphatic rings. The third kappa shape index (κ3) is 3.68. The van der Waals surface area contributed by atoms with Crippen molar-refractivity contribution in [2.24, 2.45) is 0 Å². The quantitative estimate of drug-likeness (QED) is 0.490. The maximum atomic E-state index is 13.3. The monoisotopic (exact) mass is 383 g/mol. The Bertz CT molecular complexity index is 1150. The topological polar surface area (TPSA) is 82.3 Å². The molecular formula is C18H14FN5O2S. The molecule has 4 aromatic heterocycles. The molecule has 0 radical (unpaired) electrons. The van der Waals surface area contributed by atoms with Gasteiger partial charge in [-0.3, -0.25) is 9.78 Å². The highest BCUT2D eigenvalue weighted by atomic mass is 32.1. The van der Waals surface area contributed by atoms with E-state index in [2.05, 4.69) is 20.1 Å². The normalized spacial score (nSPS) is 11.1. The van der Waals surface area contributed by atoms with Gasteiger partial charge in [0.1, 0.15) is 28.1 Å². The number of ether oxygens (including phenoxy) is 1. The molecule has 0 aliphatic heterocycles. The molecule has 7 nitrogen and oxygen atoms in total. The Balaban J connectivity index is 1.72. The number of aromatic nitrogens is 5. The molecule has 0 spiro atoms. The standard InChI is InChI=1S/C18H14FN5O2S/c1-10-9-27-17(21-10)5-16(25)15-4-14(8-24-18(15)22-11(2)23-24)26-13-3-12(19)6-20-7-13/h3-4,6-9H,5H2,1-2H3. The van der Waals surface area contributed by atoms with Gasteiger partial charge in [-0.15, -0.1) is 11.3 Å². The number of pyridine rings is 2. The van der Waals surface area contributed by atoms with Crippen LogP contribution in [0.2, 0.25) is 0 Å². The van der Waals surface area contributed by atoms with E-state index in [0.717, 1.165) is 16.9 Å². The second kappa shape index (κ2) is 6.84. The smallest absolute Gasteiger partial charge is 0.173 e. The lowest BCUT2D eigenvalue weighted by atomic mass is 10.1. The van der Waals surface area contributed by atoms with E-state index in [1.807, 2.05) is 12.3 Å². The molecule has 0 N–H and O–H groups in total. The first-order valence-corrected chi connectivity index (χ1v) is 8.95. The van der Waals surface area contributed by atoms with Gasteiger partial charge >= 0.3 is 0 Å². The maximum absolute atomic E-state index is 13.3. The molecule has 4 rings (SSSR count). The SMILES string of the molecule is Cc1csc(CC(=O)c2cc(Oc3cncc(F)c3)cn3nc(C)nc23)n1. The summed E-state index contributed by atoms with van der Waals surface area (Å²) in [6.45, 7) is 3.62. The molecule has 0 saturated carbocycles. The number of carbonyl (C=O) groups is 1. The van der Waals surface area contributed by atoms with Crippen molar-refractivity contribution >= 4 is 22.8 Å². The first-order chi connectivity index (χ1) is 13.0. The average Bonchev–Trinajstić information content (AvgIpc) is 3.18. The van der Waals surface area contributed by atoms with Gasteiger partial charge in [0.25, 0.3) is 0 Å². The average molecular weight is 383 g/mol. The summed E-state index contributed by atoms with van der Waals surface area (Å²) >= 11 is 1.44. The molecule has 0 saturated heterocycles. The van der Waals surface area contributed by atoms with Crippen LogP contribution in [0.15, 0.2) is 36.1 Å². The van der Waals surface area contributed by atoms with E-state index in [0.29, 0.717) is 22.8 Å². The number of fused-ring (bicyclic) bond motifs is 1. The summed E-state index contributed by atoms with van der Waals surface area (Å²) in [6.07, 6.45) is 4.22. The number of halogens is 1. The molecule has 0 aromatic carbocycles. The number of ketones is 1. The van der Waals surface area contributed by atoms with Gasteiger partial charge in [-0.2, -0.15) is 5.10 Å². The Labute approximate surface area is 157 Å². The van der Waals surface area contributed by atoms with Crippen LogP contribution in [-0.2, 0) is 6.42 Å². The number of aryl methyl sites for hydroxylation is 2. The van der Waals surface area contributed by atoms with E-state index in [1.165, 1.54) is 28.1 Å². The van der Waals surface area contributed by atoms with Crippen LogP contribution in [0, 0.1) is 19.7 Å². The predicted octanol–water partition coefficient (Wildman–Crippen LogP) is 3.55. The molecule has 4 heterocycles. The summed E-state index contributed by atoms with van der Waals surface area (Å²) in [5.41, 5.74) is 1.68. The fourth-order valence-electron chi connectivity index (χ4n) is 2.63. The van der Waals surface area contributed by atoms with E-state index in [9.17, 15) is 9.18 Å². The lowest BCUT2D eigenvalue weighted by Gasteiger charge is -2.08. The van der Waals surface area contributed by atoms with Gasteiger partial charge in [0.15, 0.2) is 11.4 Å². The minimum atomic E-state index is -0.513. The van der Waals surface area contributed by atoms with E-state index >= 15 is 0 Å². The van der Waals surface area contributed by atoms with Crippen molar-refractivity contribution in [3.8, 4) is 11.5 Å². The highest BCUT2D eigenvalue weighted by Gasteiger charge is 2.18. The van der Waals surface area contributed by atoms with Gasteiger partial charge in [0.2, 0.25) is 0 Å². The van der Waals surface area contributed by atoms with Crippen molar-refractivity contribution in [3.63, 3.8) is 0 Å². The largest absolute Gasteiger partial charge is 0.454 e. The number of thiazole rings is 1. The zero-order chi connectivity index (χ0) is 19.0. The number of nitrogens with zero attached hydrogens (tertiary/aromatic N) is 5. The van der Waals surface area contributed by atoms with Gasteiger partial charge in [-0.1, -0.05) is 0 Å². The van der Waals surface area contributed by atoms with Crippen LogP contribution in [0.4, 0.5) is 4.39 Å². The zero-order valence-electron chi connectivity index (χ0n) is 14.5. The van der Waals surface area contributed by atoms with Gasteiger partial charge in [-0.25, -0.2) is 18.9 Å². The van der Waals surface area contributed by atoms with Crippen molar-refractivity contribution in [2.75, 3.05) is 0 Å². The fraction of sp³-hybridized carbons (Fsp3) is 0.167. The molecule has 0 atom stereocenters. The Morgan fingerprint density at radius 3 is 2.81 bits per heavy atom. The molecule has 27 heavy (non-hydrogen) atoms. The molecule has 0 amide bonds. The number of hydrogen-bond donors (Lipinski definition) is 0. The van der Waals surface area contributed by atoms with Crippen LogP contribution in [0.3, 0.4) is 0 Å². The molecule has 4 aromatic rings. The van der Waals surface area contributed by atoms with Crippen molar-refractivity contribution in [2.45, 2.75) is 20.3 Å². The first kappa shape index (κ1) is 17.2. The number of carbonyl (C=O) groups excluding carboxylic acids is 1. The minimum Gasteiger partial charge on any atom is -0.454 e. The van der Waals surface area contributed by atoms with Crippen molar-refractivity contribution in [1.29, 1.82) is 0 Å². The van der Waals surface area contributed by atoms with Crippen molar-refractivity contribution < 1.29 is 13.9 Å². The van der Waals surface area contributed by atoms with Crippen molar-refractivity contribution in [1.82, 2.24) is 24.6 Å². The van der Waals surface area contributed by atoms with E-state index < -0.39 is 5.82 Å². The molecule has 0 fully saturated rings. The molecule has 0 unspecified atom stereocenters. The maximum Gasteiger partial charge on any atom is 0.173 e. The summed E-state index contributed by atoms with van der Waals surface area (Å²) in [5.74, 6) is 0.419. The summed E-state index contributed by atoms with van der Waals surface area (Å²) < 4.78 is 20.5. The fourth-order valence-corrected chi connectivity index (χ4v) is 3.40. The van der Waals surface area contributed by atoms with Crippen LogP contribution in [-0.4, -0.2) is 30.3 Å². The third-order valence-electron chi connectivity index (χ3n) is 3.71. The second-order valence-electron chi connectivity index (χ2n) is 5.94. The van der Waals surface area contributed by atoms with Gasteiger partial charge < -0.3 is 4.74 Å². The van der Waals surface area contributed by atoms with Crippen LogP contribution in [0.25, 0.3) is 5.65 Å². The molecule has 136 valence electrons. The number of Topliss-reactive ketones (excluding diaryl/α,β-unsaturated/α-hetero) is 1. The van der Waals surface area contributed by atoms with Crippen LogP contribution in [0.5, 0.6) is 11.5 Å². The third-order valence-corrected chi connectivity index (χ3v) is 4.68. The Hall–Kier alpha value is -3.20. The van der Waals surface area contributed by atoms with Gasteiger partial charge in [0, 0.05) is 17.1 Å². The lowest BCUT2D eigenvalue weighted by molar-refractivity contribution is 0.0993. The Morgan fingerprint density at radius 1 is 1.22 bits per heavy atom. The van der Waals surface area contributed by atoms with Crippen LogP contribution in [0.1, 0.15) is 26.9 Å².